The Labute approximate surface area is 270 Å². The first-order valence-electron chi connectivity index (χ1n) is 13.9. The Kier molecular flexibility index (Phi) is 17.5. The maximum Gasteiger partial charge on any atom is 0.433 e. The third kappa shape index (κ3) is 12.4. The minimum atomic E-state index is -3.70. The lowest BCUT2D eigenvalue weighted by Crippen LogP contribution is -2.33. The number of nitro groups is 2. The second-order valence-electron chi connectivity index (χ2n) is 9.43. The van der Waals surface area contributed by atoms with E-state index < -0.39 is 36.8 Å². The third-order valence-electron chi connectivity index (χ3n) is 6.29. The average molecular weight is 725 g/mol. The van der Waals surface area contributed by atoms with Crippen molar-refractivity contribution in [1.82, 2.24) is 14.8 Å². The minimum absolute atomic E-state index is 0.123. The van der Waals surface area contributed by atoms with Gasteiger partial charge in [0.15, 0.2) is 0 Å². The summed E-state index contributed by atoms with van der Waals surface area (Å²) in [5.41, 5.74) is -0.376. The standard InChI is InChI=1S/C24H38Cl3N5O10P2/c1-2-5-22(10-11-25)43(37,39-18-20-6-8-23(41-20)31(33)34)28-14-3-4-15-29-44(38,30(16-12-26)17-13-27)40-19-21-7-9-24(42-21)32(35)36/h6-9,22H,2-5,10-19H2,1H3,(H,28,37)(H,29,38). The van der Waals surface area contributed by atoms with Crippen LogP contribution in [0.2, 0.25) is 0 Å². The van der Waals surface area contributed by atoms with Gasteiger partial charge in [-0.3, -0.25) is 33.9 Å². The number of rotatable bonds is 25. The molecule has 44 heavy (non-hydrogen) atoms. The summed E-state index contributed by atoms with van der Waals surface area (Å²) in [4.78, 5) is 20.5. The maximum absolute atomic E-state index is 14.0. The highest BCUT2D eigenvalue weighted by molar-refractivity contribution is 7.57. The van der Waals surface area contributed by atoms with Crippen molar-refractivity contribution in [1.29, 1.82) is 0 Å². The fraction of sp³-hybridized carbons (Fsp3) is 0.667. The maximum atomic E-state index is 14.0. The number of alkyl halides is 3. The second-order valence-corrected chi connectivity index (χ2v) is 15.2. The Morgan fingerprint density at radius 1 is 0.841 bits per heavy atom. The Morgan fingerprint density at radius 3 is 1.82 bits per heavy atom. The fourth-order valence-corrected chi connectivity index (χ4v) is 9.52. The van der Waals surface area contributed by atoms with Crippen LogP contribution in [0.15, 0.2) is 33.1 Å². The SMILES string of the molecule is CCCC(CCCl)P(=O)(NCCCCNP(=O)(OCc1ccc([N+](=O)[O-])o1)N(CCCl)CCCl)OCc1ccc([N+](=O)[O-])o1. The number of hydrogen-bond donors (Lipinski definition) is 2. The Bertz CT molecular complexity index is 1160. The van der Waals surface area contributed by atoms with Crippen LogP contribution in [0.4, 0.5) is 11.8 Å². The molecule has 15 nitrogen and oxygen atoms in total. The van der Waals surface area contributed by atoms with Crippen LogP contribution >= 0.6 is 50.0 Å². The van der Waals surface area contributed by atoms with Crippen molar-refractivity contribution in [2.45, 2.75) is 57.9 Å². The zero-order chi connectivity index (χ0) is 32.6. The number of nitrogens with zero attached hydrogens (tertiary/aromatic N) is 3. The van der Waals surface area contributed by atoms with E-state index in [1.165, 1.54) is 28.9 Å². The molecule has 2 aromatic rings. The van der Waals surface area contributed by atoms with Gasteiger partial charge in [-0.05, 0) is 37.8 Å². The largest absolute Gasteiger partial charge is 0.433 e. The van der Waals surface area contributed by atoms with Gasteiger partial charge in [0.2, 0.25) is 0 Å². The molecule has 0 aliphatic rings. The first-order chi connectivity index (χ1) is 21.0. The van der Waals surface area contributed by atoms with Crippen LogP contribution < -0.4 is 10.2 Å². The molecule has 2 rings (SSSR count). The molecule has 20 heteroatoms. The average Bonchev–Trinajstić information content (AvgIpc) is 3.67. The number of unbranched alkanes of at least 4 members (excludes halogenated alkanes) is 1. The Hall–Kier alpha value is -1.51. The molecule has 0 aliphatic heterocycles. The molecule has 0 saturated carbocycles. The van der Waals surface area contributed by atoms with E-state index in [2.05, 4.69) is 10.2 Å². The van der Waals surface area contributed by atoms with Crippen molar-refractivity contribution in [2.24, 2.45) is 0 Å². The predicted octanol–water partition coefficient (Wildman–Crippen LogP) is 7.26. The van der Waals surface area contributed by atoms with E-state index in [9.17, 15) is 29.4 Å². The molecule has 2 N–H and O–H groups in total. The van der Waals surface area contributed by atoms with Crippen molar-refractivity contribution in [2.75, 3.05) is 43.8 Å². The predicted molar refractivity (Wildman–Crippen MR) is 168 cm³/mol. The molecule has 0 radical (unpaired) electrons. The van der Waals surface area contributed by atoms with Crippen molar-refractivity contribution in [3.8, 4) is 0 Å². The molecule has 0 spiro atoms. The van der Waals surface area contributed by atoms with Gasteiger partial charge in [0, 0.05) is 43.8 Å². The van der Waals surface area contributed by atoms with E-state index in [1.54, 1.807) is 0 Å². The first kappa shape index (κ1) is 38.7. The van der Waals surface area contributed by atoms with Crippen molar-refractivity contribution in [3.05, 3.63) is 56.0 Å². The van der Waals surface area contributed by atoms with Crippen molar-refractivity contribution in [3.63, 3.8) is 0 Å². The van der Waals surface area contributed by atoms with Gasteiger partial charge in [0.05, 0.1) is 17.8 Å². The van der Waals surface area contributed by atoms with E-state index >= 15 is 0 Å². The van der Waals surface area contributed by atoms with Gasteiger partial charge in [-0.15, -0.1) is 34.8 Å². The normalized spacial score (nSPS) is 15.2. The van der Waals surface area contributed by atoms with Gasteiger partial charge >= 0.3 is 19.4 Å². The molecular formula is C24H38Cl3N5O10P2. The van der Waals surface area contributed by atoms with Gasteiger partial charge in [-0.2, -0.15) is 0 Å². The van der Waals surface area contributed by atoms with Crippen LogP contribution in [0.3, 0.4) is 0 Å². The fourth-order valence-electron chi connectivity index (χ4n) is 4.12. The van der Waals surface area contributed by atoms with Crippen LogP contribution in [0.5, 0.6) is 0 Å². The van der Waals surface area contributed by atoms with Crippen molar-refractivity contribution < 1.29 is 36.9 Å². The summed E-state index contributed by atoms with van der Waals surface area (Å²) < 4.78 is 51.1. The third-order valence-corrected chi connectivity index (χ3v) is 11.7. The van der Waals surface area contributed by atoms with E-state index in [1.807, 2.05) is 6.92 Å². The van der Waals surface area contributed by atoms with Gasteiger partial charge in [-0.25, -0.2) is 14.8 Å². The van der Waals surface area contributed by atoms with E-state index in [-0.39, 0.29) is 74.2 Å². The Morgan fingerprint density at radius 2 is 1.36 bits per heavy atom. The summed E-state index contributed by atoms with van der Waals surface area (Å²) in [6.45, 7) is 2.37. The summed E-state index contributed by atoms with van der Waals surface area (Å²) in [6, 6.07) is 5.15. The lowest BCUT2D eigenvalue weighted by atomic mass is 10.2. The quantitative estimate of drug-likeness (QED) is 0.0342. The van der Waals surface area contributed by atoms with Crippen molar-refractivity contribution >= 4 is 61.8 Å². The van der Waals surface area contributed by atoms with Crippen LogP contribution in [0.25, 0.3) is 0 Å². The zero-order valence-electron chi connectivity index (χ0n) is 24.2. The summed E-state index contributed by atoms with van der Waals surface area (Å²) in [7, 11) is -7.16. The zero-order valence-corrected chi connectivity index (χ0v) is 28.3. The van der Waals surface area contributed by atoms with Crippen LogP contribution in [0, 0.1) is 20.2 Å². The molecule has 0 bridgehead atoms. The molecule has 3 unspecified atom stereocenters. The molecule has 0 fully saturated rings. The smallest absolute Gasteiger partial charge is 0.403 e. The molecular weight excluding hydrogens is 687 g/mol. The van der Waals surface area contributed by atoms with Gasteiger partial charge < -0.3 is 13.4 Å². The van der Waals surface area contributed by atoms with Gasteiger partial charge in [-0.1, -0.05) is 13.3 Å². The first-order valence-corrected chi connectivity index (χ1v) is 18.8. The number of furan rings is 2. The monoisotopic (exact) mass is 723 g/mol. The molecule has 2 aromatic heterocycles. The van der Waals surface area contributed by atoms with Gasteiger partial charge in [0.1, 0.15) is 34.6 Å². The summed E-state index contributed by atoms with van der Waals surface area (Å²) >= 11 is 17.8. The summed E-state index contributed by atoms with van der Waals surface area (Å²) in [5.74, 6) is -0.0188. The topological polar surface area (TPSA) is 192 Å². The molecule has 0 saturated heterocycles. The highest BCUT2D eigenvalue weighted by Crippen LogP contribution is 2.52. The number of halogens is 3. The molecule has 0 amide bonds. The highest BCUT2D eigenvalue weighted by Gasteiger charge is 2.34. The molecule has 250 valence electrons. The second kappa shape index (κ2) is 19.9. The Balaban J connectivity index is 2.01. The highest BCUT2D eigenvalue weighted by atomic mass is 35.5. The van der Waals surface area contributed by atoms with Crippen LogP contribution in [-0.4, -0.2) is 64.0 Å². The van der Waals surface area contributed by atoms with E-state index in [4.69, 9.17) is 52.7 Å². The lowest BCUT2D eigenvalue weighted by Gasteiger charge is -2.30. The van der Waals surface area contributed by atoms with Crippen LogP contribution in [-0.2, 0) is 31.4 Å². The molecule has 2 heterocycles. The van der Waals surface area contributed by atoms with E-state index in [0.29, 0.717) is 25.7 Å². The molecule has 0 aliphatic carbocycles. The summed E-state index contributed by atoms with van der Waals surface area (Å²) in [5, 5.41) is 27.8. The summed E-state index contributed by atoms with van der Waals surface area (Å²) in [6.07, 6.45) is 2.76. The molecule has 0 aromatic carbocycles. The number of hydrogen-bond acceptors (Lipinski definition) is 10. The molecule has 3 atom stereocenters. The van der Waals surface area contributed by atoms with E-state index in [0.717, 1.165) is 6.42 Å². The minimum Gasteiger partial charge on any atom is -0.403 e. The van der Waals surface area contributed by atoms with Gasteiger partial charge in [0.25, 0.3) is 7.52 Å². The lowest BCUT2D eigenvalue weighted by molar-refractivity contribution is -0.402. The van der Waals surface area contributed by atoms with Crippen LogP contribution in [0.1, 0.15) is 50.5 Å². The number of nitrogens with one attached hydrogen (secondary N) is 2.